The summed E-state index contributed by atoms with van der Waals surface area (Å²) in [5.74, 6) is -1.10. The third-order valence-corrected chi connectivity index (χ3v) is 4.07. The summed E-state index contributed by atoms with van der Waals surface area (Å²) in [6.07, 6.45) is 0.484. The van der Waals surface area contributed by atoms with E-state index in [1.54, 1.807) is 4.90 Å². The molecule has 2 N–H and O–H groups in total. The molecule has 1 aliphatic rings. The Hall–Kier alpha value is -2.48. The van der Waals surface area contributed by atoms with E-state index in [-0.39, 0.29) is 30.0 Å². The van der Waals surface area contributed by atoms with E-state index in [2.05, 4.69) is 10.6 Å². The van der Waals surface area contributed by atoms with Gasteiger partial charge in [-0.1, -0.05) is 30.3 Å². The number of rotatable bonds is 5. The third kappa shape index (κ3) is 5.82. The number of benzene rings is 1. The zero-order chi connectivity index (χ0) is 18.2. The van der Waals surface area contributed by atoms with E-state index in [0.29, 0.717) is 19.5 Å². The Kier molecular flexibility index (Phi) is 6.88. The van der Waals surface area contributed by atoms with Gasteiger partial charge < -0.3 is 20.3 Å². The van der Waals surface area contributed by atoms with Crippen LogP contribution in [0, 0.1) is 0 Å². The molecule has 0 radical (unpaired) electrons. The van der Waals surface area contributed by atoms with E-state index in [1.165, 1.54) is 6.92 Å². The van der Waals surface area contributed by atoms with Crippen LogP contribution in [0.25, 0.3) is 0 Å². The Bertz CT molecular complexity index is 651. The van der Waals surface area contributed by atoms with Gasteiger partial charge in [-0.2, -0.15) is 0 Å². The highest BCUT2D eigenvalue weighted by Crippen LogP contribution is 2.11. The summed E-state index contributed by atoms with van der Waals surface area (Å²) in [4.78, 5) is 36.9. The molecule has 0 saturated carbocycles. The third-order valence-electron chi connectivity index (χ3n) is 3.73. The number of amides is 2. The summed E-state index contributed by atoms with van der Waals surface area (Å²) in [7, 11) is 0. The van der Waals surface area contributed by atoms with E-state index >= 15 is 0 Å². The fourth-order valence-corrected chi connectivity index (χ4v) is 2.89. The lowest BCUT2D eigenvalue weighted by Crippen LogP contribution is -2.60. The van der Waals surface area contributed by atoms with Crippen molar-refractivity contribution in [2.24, 2.45) is 0 Å². The van der Waals surface area contributed by atoms with Crippen LogP contribution in [0.1, 0.15) is 18.9 Å². The van der Waals surface area contributed by atoms with Gasteiger partial charge in [-0.15, -0.1) is 0 Å². The van der Waals surface area contributed by atoms with Gasteiger partial charge in [0.25, 0.3) is 0 Å². The zero-order valence-electron chi connectivity index (χ0n) is 14.0. The number of hydrogen-bond donors (Lipinski definition) is 2. The lowest BCUT2D eigenvalue weighted by atomic mass is 10.1. The van der Waals surface area contributed by atoms with Crippen LogP contribution in [-0.2, 0) is 25.5 Å². The van der Waals surface area contributed by atoms with Crippen molar-refractivity contribution < 1.29 is 19.1 Å². The second kappa shape index (κ2) is 9.12. The van der Waals surface area contributed by atoms with Crippen LogP contribution in [0.5, 0.6) is 0 Å². The van der Waals surface area contributed by atoms with Gasteiger partial charge in [0, 0.05) is 26.4 Å². The number of carbonyl (C=O) groups excluding carboxylic acids is 3. The quantitative estimate of drug-likeness (QED) is 0.581. The lowest BCUT2D eigenvalue weighted by Gasteiger charge is -2.36. The van der Waals surface area contributed by atoms with Gasteiger partial charge in [0.05, 0.1) is 13.0 Å². The van der Waals surface area contributed by atoms with Crippen molar-refractivity contribution in [3.05, 3.63) is 35.9 Å². The minimum Gasteiger partial charge on any atom is -0.465 e. The molecule has 8 heteroatoms. The molecule has 0 spiro atoms. The molecule has 1 saturated heterocycles. The highest BCUT2D eigenvalue weighted by Gasteiger charge is 2.33. The van der Waals surface area contributed by atoms with Gasteiger partial charge in [-0.3, -0.25) is 14.4 Å². The molecule has 1 aromatic carbocycles. The highest BCUT2D eigenvalue weighted by molar-refractivity contribution is 7.80. The van der Waals surface area contributed by atoms with Crippen molar-refractivity contribution in [3.8, 4) is 0 Å². The number of nitrogens with zero attached hydrogens (tertiary/aromatic N) is 1. The van der Waals surface area contributed by atoms with E-state index < -0.39 is 12.0 Å². The van der Waals surface area contributed by atoms with Crippen molar-refractivity contribution in [2.75, 3.05) is 19.7 Å². The van der Waals surface area contributed by atoms with E-state index in [4.69, 9.17) is 17.0 Å². The fourth-order valence-electron chi connectivity index (χ4n) is 2.53. The SMILES string of the molecule is CC(=O)NC(=S)N1CCNC(=O)C1CC(=O)OCCc1ccccc1. The van der Waals surface area contributed by atoms with Crippen LogP contribution in [0.15, 0.2) is 30.3 Å². The van der Waals surface area contributed by atoms with E-state index in [1.807, 2.05) is 30.3 Å². The molecule has 0 aliphatic carbocycles. The van der Waals surface area contributed by atoms with Crippen LogP contribution < -0.4 is 10.6 Å². The van der Waals surface area contributed by atoms with Crippen molar-refractivity contribution in [1.82, 2.24) is 15.5 Å². The smallest absolute Gasteiger partial charge is 0.308 e. The van der Waals surface area contributed by atoms with Crippen LogP contribution in [0.2, 0.25) is 0 Å². The predicted octanol–water partition coefficient (Wildman–Crippen LogP) is 0.384. The highest BCUT2D eigenvalue weighted by atomic mass is 32.1. The molecule has 1 unspecified atom stereocenters. The van der Waals surface area contributed by atoms with Gasteiger partial charge in [0.2, 0.25) is 11.8 Å². The topological polar surface area (TPSA) is 87.7 Å². The van der Waals surface area contributed by atoms with E-state index in [0.717, 1.165) is 5.56 Å². The molecule has 1 aromatic rings. The second-order valence-corrected chi connectivity index (χ2v) is 6.03. The average molecular weight is 363 g/mol. The standard InChI is InChI=1S/C17H21N3O4S/c1-12(21)19-17(25)20-9-8-18-16(23)14(20)11-15(22)24-10-7-13-5-3-2-4-6-13/h2-6,14H,7-11H2,1H3,(H,18,23)(H,19,21,25). The van der Waals surface area contributed by atoms with Crippen molar-refractivity contribution in [1.29, 1.82) is 0 Å². The largest absolute Gasteiger partial charge is 0.465 e. The van der Waals surface area contributed by atoms with Gasteiger partial charge in [-0.05, 0) is 17.8 Å². The first-order chi connectivity index (χ1) is 12.0. The summed E-state index contributed by atoms with van der Waals surface area (Å²) >= 11 is 5.15. The minimum absolute atomic E-state index is 0.125. The Morgan fingerprint density at radius 1 is 1.36 bits per heavy atom. The number of thiocarbonyl (C=S) groups is 1. The van der Waals surface area contributed by atoms with Crippen LogP contribution in [0.3, 0.4) is 0 Å². The van der Waals surface area contributed by atoms with Crippen LogP contribution >= 0.6 is 12.2 Å². The van der Waals surface area contributed by atoms with Gasteiger partial charge in [-0.25, -0.2) is 0 Å². The number of hydrogen-bond acceptors (Lipinski definition) is 5. The van der Waals surface area contributed by atoms with Gasteiger partial charge in [0.15, 0.2) is 5.11 Å². The first kappa shape index (κ1) is 18.9. The first-order valence-electron chi connectivity index (χ1n) is 8.03. The second-order valence-electron chi connectivity index (χ2n) is 5.65. The average Bonchev–Trinajstić information content (AvgIpc) is 2.57. The summed E-state index contributed by atoms with van der Waals surface area (Å²) in [5, 5.41) is 5.33. The molecule has 1 heterocycles. The van der Waals surface area contributed by atoms with Crippen molar-refractivity contribution in [3.63, 3.8) is 0 Å². The molecular weight excluding hydrogens is 342 g/mol. The molecule has 0 aromatic heterocycles. The summed E-state index contributed by atoms with van der Waals surface area (Å²) in [6.45, 7) is 2.40. The van der Waals surface area contributed by atoms with Crippen LogP contribution in [0.4, 0.5) is 0 Å². The number of carbonyl (C=O) groups is 3. The van der Waals surface area contributed by atoms with Crippen molar-refractivity contribution in [2.45, 2.75) is 25.8 Å². The Labute approximate surface area is 151 Å². The predicted molar refractivity (Wildman–Crippen MR) is 95.6 cm³/mol. The molecule has 134 valence electrons. The summed E-state index contributed by atoms with van der Waals surface area (Å²) < 4.78 is 5.23. The molecule has 0 bridgehead atoms. The molecule has 1 aliphatic heterocycles. The number of nitrogens with one attached hydrogen (secondary N) is 2. The van der Waals surface area contributed by atoms with Gasteiger partial charge >= 0.3 is 5.97 Å². The summed E-state index contributed by atoms with van der Waals surface area (Å²) in [5.41, 5.74) is 1.07. The fraction of sp³-hybridized carbons (Fsp3) is 0.412. The van der Waals surface area contributed by atoms with E-state index in [9.17, 15) is 14.4 Å². The maximum Gasteiger partial charge on any atom is 0.308 e. The molecule has 25 heavy (non-hydrogen) atoms. The summed E-state index contributed by atoms with van der Waals surface area (Å²) in [6, 6.07) is 8.89. The Balaban J connectivity index is 1.88. The number of esters is 1. The lowest BCUT2D eigenvalue weighted by molar-refractivity contribution is -0.147. The van der Waals surface area contributed by atoms with Crippen LogP contribution in [-0.4, -0.2) is 53.5 Å². The molecule has 2 amide bonds. The molecule has 2 rings (SSSR count). The van der Waals surface area contributed by atoms with Crippen molar-refractivity contribution >= 4 is 35.1 Å². The minimum atomic E-state index is -0.780. The first-order valence-corrected chi connectivity index (χ1v) is 8.43. The molecular formula is C17H21N3O4S. The normalized spacial score (nSPS) is 16.8. The monoisotopic (exact) mass is 363 g/mol. The maximum atomic E-state index is 12.1. The van der Waals surface area contributed by atoms with Gasteiger partial charge in [0.1, 0.15) is 6.04 Å². The number of piperazine rings is 1. The molecule has 1 fully saturated rings. The zero-order valence-corrected chi connectivity index (χ0v) is 14.8. The number of ether oxygens (including phenoxy) is 1. The maximum absolute atomic E-state index is 12.1. The molecule has 1 atom stereocenters. The Morgan fingerprint density at radius 2 is 2.08 bits per heavy atom. The molecule has 7 nitrogen and oxygen atoms in total. The Morgan fingerprint density at radius 3 is 2.76 bits per heavy atom.